The Kier molecular flexibility index (Phi) is 4.26. The second kappa shape index (κ2) is 6.13. The number of aromatic nitrogens is 2. The number of carbonyl (C=O) groups is 1. The van der Waals surface area contributed by atoms with E-state index in [0.29, 0.717) is 24.3 Å². The van der Waals surface area contributed by atoms with Crippen LogP contribution in [0.1, 0.15) is 31.4 Å². The van der Waals surface area contributed by atoms with Gasteiger partial charge >= 0.3 is 6.18 Å². The first kappa shape index (κ1) is 17.4. The third-order valence-corrected chi connectivity index (χ3v) is 4.33. The van der Waals surface area contributed by atoms with Gasteiger partial charge in [0, 0.05) is 41.8 Å². The molecule has 0 N–H and O–H groups in total. The first-order chi connectivity index (χ1) is 11.7. The van der Waals surface area contributed by atoms with Crippen LogP contribution in [0.5, 0.6) is 5.75 Å². The molecule has 132 valence electrons. The molecule has 3 rings (SSSR count). The molecule has 2 aromatic rings. The van der Waals surface area contributed by atoms with Gasteiger partial charge in [0.25, 0.3) is 0 Å². The predicted octanol–water partition coefficient (Wildman–Crippen LogP) is 3.88. The molecule has 2 heterocycles. The topological polar surface area (TPSA) is 52.1 Å². The largest absolute Gasteiger partial charge is 0.493 e. The Morgan fingerprint density at radius 3 is 2.48 bits per heavy atom. The molecule has 1 aliphatic heterocycles. The van der Waals surface area contributed by atoms with E-state index >= 15 is 0 Å². The molecular weight excluding hydrogens is 333 g/mol. The molecule has 25 heavy (non-hydrogen) atoms. The lowest BCUT2D eigenvalue weighted by atomic mass is 9.77. The summed E-state index contributed by atoms with van der Waals surface area (Å²) in [5, 5.41) is 0. The Balaban J connectivity index is 2.06. The lowest BCUT2D eigenvalue weighted by molar-refractivity contribution is -0.172. The lowest BCUT2D eigenvalue weighted by Crippen LogP contribution is -2.31. The fourth-order valence-corrected chi connectivity index (χ4v) is 3.02. The van der Waals surface area contributed by atoms with Crippen molar-refractivity contribution in [1.82, 2.24) is 9.97 Å². The molecule has 1 aromatic carbocycles. The average molecular weight is 350 g/mol. The summed E-state index contributed by atoms with van der Waals surface area (Å²) in [4.78, 5) is 19.5. The quantitative estimate of drug-likeness (QED) is 0.840. The second-order valence-electron chi connectivity index (χ2n) is 6.72. The van der Waals surface area contributed by atoms with Gasteiger partial charge in [-0.2, -0.15) is 13.2 Å². The Morgan fingerprint density at radius 2 is 1.84 bits per heavy atom. The van der Waals surface area contributed by atoms with Crippen LogP contribution in [0.15, 0.2) is 30.9 Å². The highest BCUT2D eigenvalue weighted by Gasteiger charge is 2.42. The molecule has 1 aromatic heterocycles. The number of fused-ring (bicyclic) bond motifs is 1. The highest BCUT2D eigenvalue weighted by atomic mass is 19.4. The van der Waals surface area contributed by atoms with E-state index in [2.05, 4.69) is 9.97 Å². The number of hydrogen-bond acceptors (Lipinski definition) is 4. The third kappa shape index (κ3) is 3.50. The van der Waals surface area contributed by atoms with Crippen LogP contribution in [0.3, 0.4) is 0 Å². The van der Waals surface area contributed by atoms with Crippen molar-refractivity contribution in [3.8, 4) is 16.9 Å². The highest BCUT2D eigenvalue weighted by Crippen LogP contribution is 2.43. The van der Waals surface area contributed by atoms with Crippen LogP contribution in [-0.4, -0.2) is 28.5 Å². The average Bonchev–Trinajstić information content (AvgIpc) is 3.01. The summed E-state index contributed by atoms with van der Waals surface area (Å²) < 4.78 is 43.8. The van der Waals surface area contributed by atoms with E-state index in [0.717, 1.165) is 16.7 Å². The number of ether oxygens (including phenoxy) is 1. The van der Waals surface area contributed by atoms with Gasteiger partial charge in [0.15, 0.2) is 0 Å². The molecule has 7 heteroatoms. The summed E-state index contributed by atoms with van der Waals surface area (Å²) in [7, 11) is 0. The fraction of sp³-hybridized carbons (Fsp3) is 0.389. The number of nitrogens with zero attached hydrogens (tertiary/aromatic N) is 2. The minimum absolute atomic E-state index is 0.473. The summed E-state index contributed by atoms with van der Waals surface area (Å²) in [6.07, 6.45) is -0.114. The van der Waals surface area contributed by atoms with Crippen LogP contribution < -0.4 is 4.74 Å². The second-order valence-corrected chi connectivity index (χ2v) is 6.72. The Hall–Kier alpha value is -2.44. The normalized spacial score (nSPS) is 14.1. The number of carbonyl (C=O) groups excluding carboxylic acids is 1. The van der Waals surface area contributed by atoms with Crippen LogP contribution in [0.25, 0.3) is 11.1 Å². The predicted molar refractivity (Wildman–Crippen MR) is 85.4 cm³/mol. The van der Waals surface area contributed by atoms with E-state index in [9.17, 15) is 18.0 Å². The molecule has 0 fully saturated rings. The number of Topliss-reactive ketones (excluding diaryl/α,β-unsaturated/α-hetero) is 1. The summed E-state index contributed by atoms with van der Waals surface area (Å²) in [6.45, 7) is 3.72. The van der Waals surface area contributed by atoms with E-state index < -0.39 is 23.8 Å². The van der Waals surface area contributed by atoms with Gasteiger partial charge in [-0.3, -0.25) is 4.79 Å². The van der Waals surface area contributed by atoms with Crippen molar-refractivity contribution in [3.63, 3.8) is 0 Å². The van der Waals surface area contributed by atoms with Crippen LogP contribution in [0.2, 0.25) is 0 Å². The molecule has 0 amide bonds. The Bertz CT molecular complexity index is 802. The lowest BCUT2D eigenvalue weighted by Gasteiger charge is -2.27. The van der Waals surface area contributed by atoms with Crippen LogP contribution >= 0.6 is 0 Å². The summed E-state index contributed by atoms with van der Waals surface area (Å²) in [5.41, 5.74) is 2.05. The van der Waals surface area contributed by atoms with Gasteiger partial charge in [0.2, 0.25) is 5.78 Å². The molecule has 4 nitrogen and oxygen atoms in total. The van der Waals surface area contributed by atoms with Crippen molar-refractivity contribution in [2.75, 3.05) is 6.61 Å². The van der Waals surface area contributed by atoms with Crippen molar-refractivity contribution >= 4 is 5.78 Å². The highest BCUT2D eigenvalue weighted by molar-refractivity contribution is 5.85. The molecule has 0 saturated heterocycles. The molecule has 0 bridgehead atoms. The zero-order valence-corrected chi connectivity index (χ0v) is 13.9. The fourth-order valence-electron chi connectivity index (χ4n) is 3.02. The zero-order chi connectivity index (χ0) is 18.2. The van der Waals surface area contributed by atoms with E-state index in [4.69, 9.17) is 4.74 Å². The molecule has 0 saturated carbocycles. The first-order valence-corrected chi connectivity index (χ1v) is 7.84. The monoisotopic (exact) mass is 350 g/mol. The minimum Gasteiger partial charge on any atom is -0.493 e. The first-order valence-electron chi connectivity index (χ1n) is 7.84. The van der Waals surface area contributed by atoms with Gasteiger partial charge in [0.1, 0.15) is 12.1 Å². The molecule has 0 unspecified atom stereocenters. The van der Waals surface area contributed by atoms with Crippen molar-refractivity contribution in [2.45, 2.75) is 38.3 Å². The van der Waals surface area contributed by atoms with Crippen molar-refractivity contribution in [1.29, 1.82) is 0 Å². The van der Waals surface area contributed by atoms with E-state index in [1.807, 2.05) is 6.07 Å². The van der Waals surface area contributed by atoms with Gasteiger partial charge in [-0.15, -0.1) is 0 Å². The van der Waals surface area contributed by atoms with Crippen LogP contribution in [-0.2, 0) is 16.6 Å². The van der Waals surface area contributed by atoms with Gasteiger partial charge in [-0.1, -0.05) is 13.8 Å². The molecule has 0 spiro atoms. The Morgan fingerprint density at radius 1 is 1.16 bits per heavy atom. The van der Waals surface area contributed by atoms with Gasteiger partial charge in [0.05, 0.1) is 6.61 Å². The number of alkyl halides is 3. The zero-order valence-electron chi connectivity index (χ0n) is 13.9. The summed E-state index contributed by atoms with van der Waals surface area (Å²) in [6, 6.07) is 3.71. The van der Waals surface area contributed by atoms with E-state index in [1.165, 1.54) is 6.33 Å². The van der Waals surface area contributed by atoms with Crippen LogP contribution in [0, 0.1) is 0 Å². The minimum atomic E-state index is -4.84. The summed E-state index contributed by atoms with van der Waals surface area (Å²) >= 11 is 0. The standard InChI is InChI=1S/C18H17F3N2O2/c1-17(2,7-15(24)18(19,20)21)14-6-12(13-8-22-10-23-9-13)5-11-3-4-25-16(11)14/h5-6,8-10H,3-4,7H2,1-2H3. The maximum Gasteiger partial charge on any atom is 0.450 e. The third-order valence-electron chi connectivity index (χ3n) is 4.33. The Labute approximate surface area is 143 Å². The molecular formula is C18H17F3N2O2. The van der Waals surface area contributed by atoms with Crippen molar-refractivity contribution < 1.29 is 22.7 Å². The van der Waals surface area contributed by atoms with Crippen LogP contribution in [0.4, 0.5) is 13.2 Å². The number of hydrogen-bond donors (Lipinski definition) is 0. The van der Waals surface area contributed by atoms with E-state index in [1.54, 1.807) is 32.3 Å². The van der Waals surface area contributed by atoms with Gasteiger partial charge < -0.3 is 4.74 Å². The smallest absolute Gasteiger partial charge is 0.450 e. The molecule has 1 aliphatic rings. The van der Waals surface area contributed by atoms with Gasteiger partial charge in [-0.05, 0) is 23.3 Å². The maximum absolute atomic E-state index is 12.7. The number of ketones is 1. The number of benzene rings is 1. The van der Waals surface area contributed by atoms with Crippen molar-refractivity contribution in [3.05, 3.63) is 42.0 Å². The summed E-state index contributed by atoms with van der Waals surface area (Å²) in [5.74, 6) is -1.15. The SMILES string of the molecule is CC(C)(CC(=O)C(F)(F)F)c1cc(-c2cncnc2)cc2c1OCC2. The molecule has 0 atom stereocenters. The molecule has 0 aliphatic carbocycles. The van der Waals surface area contributed by atoms with Gasteiger partial charge in [-0.25, -0.2) is 9.97 Å². The maximum atomic E-state index is 12.7. The van der Waals surface area contributed by atoms with E-state index in [-0.39, 0.29) is 0 Å². The van der Waals surface area contributed by atoms with Crippen molar-refractivity contribution in [2.24, 2.45) is 0 Å². The number of rotatable bonds is 4. The number of halogens is 3. The molecule has 0 radical (unpaired) electrons.